The van der Waals surface area contributed by atoms with Crippen LogP contribution in [0.2, 0.25) is 0 Å². The van der Waals surface area contributed by atoms with Crippen molar-refractivity contribution in [2.75, 3.05) is 34.8 Å². The molecule has 2 aliphatic heterocycles. The average molecular weight is 346 g/mol. The Labute approximate surface area is 150 Å². The van der Waals surface area contributed by atoms with Crippen LogP contribution in [-0.2, 0) is 4.74 Å². The van der Waals surface area contributed by atoms with Gasteiger partial charge in [0.15, 0.2) is 5.96 Å². The molecule has 1 aromatic rings. The van der Waals surface area contributed by atoms with Crippen molar-refractivity contribution in [3.63, 3.8) is 0 Å². The predicted molar refractivity (Wildman–Crippen MR) is 100 cm³/mol. The molecule has 138 valence electrons. The molecule has 0 amide bonds. The molecule has 1 aromatic carbocycles. The molecule has 4 unspecified atom stereocenters. The molecule has 3 rings (SSSR count). The zero-order valence-electron chi connectivity index (χ0n) is 15.7. The highest BCUT2D eigenvalue weighted by molar-refractivity contribution is 5.80. The highest BCUT2D eigenvalue weighted by Crippen LogP contribution is 2.34. The van der Waals surface area contributed by atoms with E-state index >= 15 is 0 Å². The second-order valence-corrected chi connectivity index (χ2v) is 7.07. The van der Waals surface area contributed by atoms with Crippen LogP contribution in [0.5, 0.6) is 5.75 Å². The smallest absolute Gasteiger partial charge is 0.191 e. The molecule has 0 spiro atoms. The largest absolute Gasteiger partial charge is 0.497 e. The molecule has 6 nitrogen and oxygen atoms in total. The molecular weight excluding hydrogens is 316 g/mol. The lowest BCUT2D eigenvalue weighted by Crippen LogP contribution is -2.49. The van der Waals surface area contributed by atoms with Crippen LogP contribution in [0.15, 0.2) is 29.3 Å². The summed E-state index contributed by atoms with van der Waals surface area (Å²) in [5.74, 6) is 1.73. The van der Waals surface area contributed by atoms with Crippen molar-refractivity contribution in [1.82, 2.24) is 15.5 Å². The van der Waals surface area contributed by atoms with Crippen molar-refractivity contribution in [3.8, 4) is 5.75 Å². The summed E-state index contributed by atoms with van der Waals surface area (Å²) in [6.07, 6.45) is 4.23. The van der Waals surface area contributed by atoms with E-state index in [2.05, 4.69) is 46.8 Å². The van der Waals surface area contributed by atoms with E-state index in [1.54, 1.807) is 7.11 Å². The number of rotatable bonds is 6. The van der Waals surface area contributed by atoms with Gasteiger partial charge in [-0.3, -0.25) is 4.99 Å². The van der Waals surface area contributed by atoms with Crippen LogP contribution in [0.25, 0.3) is 0 Å². The second-order valence-electron chi connectivity index (χ2n) is 7.07. The highest BCUT2D eigenvalue weighted by Gasteiger charge is 2.41. The molecule has 0 saturated carbocycles. The predicted octanol–water partition coefficient (Wildman–Crippen LogP) is 1.78. The van der Waals surface area contributed by atoms with Gasteiger partial charge in [0, 0.05) is 13.6 Å². The molecular formula is C19H30N4O2. The van der Waals surface area contributed by atoms with E-state index in [0.29, 0.717) is 18.2 Å². The first-order valence-electron chi connectivity index (χ1n) is 9.03. The van der Waals surface area contributed by atoms with Crippen molar-refractivity contribution in [2.24, 2.45) is 4.99 Å². The number of benzene rings is 1. The quantitative estimate of drug-likeness (QED) is 0.607. The lowest BCUT2D eigenvalue weighted by atomic mass is 9.96. The molecule has 2 N–H and O–H groups in total. The fraction of sp³-hybridized carbons (Fsp3) is 0.632. The summed E-state index contributed by atoms with van der Waals surface area (Å²) < 4.78 is 11.2. The van der Waals surface area contributed by atoms with Gasteiger partial charge in [-0.2, -0.15) is 0 Å². The van der Waals surface area contributed by atoms with Crippen LogP contribution in [0.4, 0.5) is 0 Å². The molecule has 2 heterocycles. The Kier molecular flexibility index (Phi) is 5.81. The van der Waals surface area contributed by atoms with Gasteiger partial charge in [-0.25, -0.2) is 0 Å². The van der Waals surface area contributed by atoms with Gasteiger partial charge in [-0.1, -0.05) is 12.1 Å². The highest BCUT2D eigenvalue weighted by atomic mass is 16.5. The van der Waals surface area contributed by atoms with E-state index < -0.39 is 0 Å². The third kappa shape index (κ3) is 4.25. The lowest BCUT2D eigenvalue weighted by Gasteiger charge is -2.28. The number of hydrogen-bond donors (Lipinski definition) is 2. The van der Waals surface area contributed by atoms with Crippen molar-refractivity contribution in [3.05, 3.63) is 29.8 Å². The number of hydrogen-bond acceptors (Lipinski definition) is 4. The first-order chi connectivity index (χ1) is 12.1. The lowest BCUT2D eigenvalue weighted by molar-refractivity contribution is 0.0992. The van der Waals surface area contributed by atoms with Gasteiger partial charge in [0.1, 0.15) is 5.75 Å². The maximum atomic E-state index is 5.92. The maximum absolute atomic E-state index is 5.92. The second kappa shape index (κ2) is 8.06. The number of guanidine groups is 1. The van der Waals surface area contributed by atoms with Gasteiger partial charge in [-0.15, -0.1) is 0 Å². The van der Waals surface area contributed by atoms with E-state index in [1.807, 2.05) is 19.2 Å². The van der Waals surface area contributed by atoms with Gasteiger partial charge in [-0.05, 0) is 51.1 Å². The number of ether oxygens (including phenoxy) is 2. The van der Waals surface area contributed by atoms with Gasteiger partial charge >= 0.3 is 0 Å². The number of methoxy groups -OCH3 is 1. The number of nitrogens with zero attached hydrogens (tertiary/aromatic N) is 2. The average Bonchev–Trinajstić information content (AvgIpc) is 3.24. The third-order valence-corrected chi connectivity index (χ3v) is 5.24. The first kappa shape index (κ1) is 18.0. The summed E-state index contributed by atoms with van der Waals surface area (Å²) in [4.78, 5) is 6.60. The standard InChI is InChI=1S/C19H30N4O2/c1-20-19(22-16-11-15-9-10-18(16)25-15)21-12-17(23(2)3)13-5-7-14(24-4)8-6-13/h5-8,15-18H,9-12H2,1-4H3,(H2,20,21,22). The van der Waals surface area contributed by atoms with Crippen molar-refractivity contribution in [2.45, 2.75) is 43.6 Å². The summed E-state index contributed by atoms with van der Waals surface area (Å²) in [5, 5.41) is 7.01. The molecule has 2 bridgehead atoms. The number of nitrogens with one attached hydrogen (secondary N) is 2. The fourth-order valence-electron chi connectivity index (χ4n) is 3.78. The van der Waals surface area contributed by atoms with Crippen LogP contribution in [-0.4, -0.2) is 63.9 Å². The Morgan fingerprint density at radius 2 is 2.08 bits per heavy atom. The summed E-state index contributed by atoms with van der Waals surface area (Å²) in [6, 6.07) is 8.87. The Morgan fingerprint density at radius 3 is 2.60 bits per heavy atom. The molecule has 2 saturated heterocycles. The Hall–Kier alpha value is -1.79. The minimum Gasteiger partial charge on any atom is -0.497 e. The number of fused-ring (bicyclic) bond motifs is 2. The normalized spacial score (nSPS) is 26.8. The van der Waals surface area contributed by atoms with E-state index in [0.717, 1.165) is 31.1 Å². The Balaban J connectivity index is 1.57. The van der Waals surface area contributed by atoms with Crippen molar-refractivity contribution in [1.29, 1.82) is 0 Å². The summed E-state index contributed by atoms with van der Waals surface area (Å²) in [5.41, 5.74) is 1.25. The fourth-order valence-corrected chi connectivity index (χ4v) is 3.78. The van der Waals surface area contributed by atoms with Gasteiger partial charge < -0.3 is 25.0 Å². The Morgan fingerprint density at radius 1 is 1.32 bits per heavy atom. The third-order valence-electron chi connectivity index (χ3n) is 5.24. The van der Waals surface area contributed by atoms with Crippen LogP contribution in [0, 0.1) is 0 Å². The maximum Gasteiger partial charge on any atom is 0.191 e. The zero-order valence-corrected chi connectivity index (χ0v) is 15.7. The van der Waals surface area contributed by atoms with Gasteiger partial charge in [0.05, 0.1) is 31.4 Å². The Bertz CT molecular complexity index is 588. The number of likely N-dealkylation sites (N-methyl/N-ethyl adjacent to an activating group) is 1. The van der Waals surface area contributed by atoms with Gasteiger partial charge in [0.25, 0.3) is 0 Å². The van der Waals surface area contributed by atoms with Crippen LogP contribution in [0.1, 0.15) is 30.9 Å². The molecule has 4 atom stereocenters. The minimum atomic E-state index is 0.251. The summed E-state index contributed by atoms with van der Waals surface area (Å²) in [6.45, 7) is 0.778. The summed E-state index contributed by atoms with van der Waals surface area (Å²) >= 11 is 0. The van der Waals surface area contributed by atoms with Crippen LogP contribution >= 0.6 is 0 Å². The molecule has 25 heavy (non-hydrogen) atoms. The van der Waals surface area contributed by atoms with Crippen molar-refractivity contribution < 1.29 is 9.47 Å². The van der Waals surface area contributed by atoms with E-state index in [1.165, 1.54) is 12.0 Å². The monoisotopic (exact) mass is 346 g/mol. The van der Waals surface area contributed by atoms with E-state index in [9.17, 15) is 0 Å². The molecule has 2 fully saturated rings. The van der Waals surface area contributed by atoms with Crippen LogP contribution < -0.4 is 15.4 Å². The molecule has 2 aliphatic rings. The van der Waals surface area contributed by atoms with E-state index in [-0.39, 0.29) is 6.04 Å². The summed E-state index contributed by atoms with van der Waals surface area (Å²) in [7, 11) is 7.70. The van der Waals surface area contributed by atoms with Crippen molar-refractivity contribution >= 4 is 5.96 Å². The zero-order chi connectivity index (χ0) is 17.8. The van der Waals surface area contributed by atoms with Gasteiger partial charge in [0.2, 0.25) is 0 Å². The van der Waals surface area contributed by atoms with Crippen LogP contribution in [0.3, 0.4) is 0 Å². The molecule has 0 radical (unpaired) electrons. The minimum absolute atomic E-state index is 0.251. The topological polar surface area (TPSA) is 58.1 Å². The molecule has 0 aliphatic carbocycles. The first-order valence-corrected chi connectivity index (χ1v) is 9.03. The molecule has 0 aromatic heterocycles. The molecule has 6 heteroatoms. The SMILES string of the molecule is CN=C(NCC(c1ccc(OC)cc1)N(C)C)NC1CC2CCC1O2. The number of aliphatic imine (C=N–C) groups is 1. The van der Waals surface area contributed by atoms with E-state index in [4.69, 9.17) is 9.47 Å².